The molecule has 2 rings (SSSR count). The Morgan fingerprint density at radius 2 is 2.05 bits per heavy atom. The van der Waals surface area contributed by atoms with E-state index in [-0.39, 0.29) is 31.0 Å². The number of aliphatic hydroxyl groups excluding tert-OH is 1. The van der Waals surface area contributed by atoms with Crippen molar-refractivity contribution in [2.75, 3.05) is 32.9 Å². The van der Waals surface area contributed by atoms with Crippen molar-refractivity contribution in [3.63, 3.8) is 0 Å². The number of ether oxygens (including phenoxy) is 1. The number of morpholine rings is 1. The predicted octanol–water partition coefficient (Wildman–Crippen LogP) is -0.0525. The summed E-state index contributed by atoms with van der Waals surface area (Å²) in [4.78, 5) is 12.3. The molecule has 1 saturated heterocycles. The Balaban J connectivity index is 0.00000220. The summed E-state index contributed by atoms with van der Waals surface area (Å²) in [5.41, 5.74) is 10.1. The highest BCUT2D eigenvalue weighted by atomic mass is 35.5. The summed E-state index contributed by atoms with van der Waals surface area (Å²) in [5.74, 6) is -0.146. The van der Waals surface area contributed by atoms with Crippen LogP contribution in [0.2, 0.25) is 0 Å². The molecule has 0 aliphatic carbocycles. The third-order valence-corrected chi connectivity index (χ3v) is 3.25. The van der Waals surface area contributed by atoms with Crippen LogP contribution in [0.3, 0.4) is 0 Å². The molecule has 0 aromatic heterocycles. The van der Waals surface area contributed by atoms with Gasteiger partial charge in [0.2, 0.25) is 0 Å². The maximum Gasteiger partial charge on any atom is 0.265 e. The fourth-order valence-corrected chi connectivity index (χ4v) is 2.15. The second kappa shape index (κ2) is 8.96. The van der Waals surface area contributed by atoms with Crippen LogP contribution in [0.15, 0.2) is 24.3 Å². The van der Waals surface area contributed by atoms with Gasteiger partial charge < -0.3 is 15.6 Å². The Morgan fingerprint density at radius 1 is 1.38 bits per heavy atom. The number of halogens is 1. The number of hydrogen-bond donors (Lipinski definition) is 3. The molecule has 4 N–H and O–H groups in total. The van der Waals surface area contributed by atoms with Gasteiger partial charge in [-0.1, -0.05) is 18.2 Å². The van der Waals surface area contributed by atoms with E-state index in [1.807, 2.05) is 23.2 Å². The SMILES string of the molecule is Cl.N[C@@H](CO)Cc1ccccc1C(=O)NN1CCOCC1. The van der Waals surface area contributed by atoms with E-state index in [2.05, 4.69) is 5.43 Å². The minimum absolute atomic E-state index is 0. The molecule has 21 heavy (non-hydrogen) atoms. The number of carbonyl (C=O) groups is 1. The number of hydrazine groups is 1. The van der Waals surface area contributed by atoms with Gasteiger partial charge in [-0.2, -0.15) is 0 Å². The van der Waals surface area contributed by atoms with Crippen LogP contribution in [0, 0.1) is 0 Å². The summed E-state index contributed by atoms with van der Waals surface area (Å²) in [6.07, 6.45) is 0.475. The number of benzene rings is 1. The molecule has 0 radical (unpaired) electrons. The van der Waals surface area contributed by atoms with Crippen LogP contribution >= 0.6 is 12.4 Å². The van der Waals surface area contributed by atoms with Crippen LogP contribution in [0.5, 0.6) is 0 Å². The first-order chi connectivity index (χ1) is 9.70. The maximum absolute atomic E-state index is 12.3. The van der Waals surface area contributed by atoms with Crippen molar-refractivity contribution in [3.05, 3.63) is 35.4 Å². The van der Waals surface area contributed by atoms with Crippen LogP contribution in [0.25, 0.3) is 0 Å². The topological polar surface area (TPSA) is 87.8 Å². The van der Waals surface area contributed by atoms with Crippen LogP contribution < -0.4 is 11.2 Å². The summed E-state index contributed by atoms with van der Waals surface area (Å²) in [6, 6.07) is 6.97. The fourth-order valence-electron chi connectivity index (χ4n) is 2.15. The summed E-state index contributed by atoms with van der Waals surface area (Å²) in [5, 5.41) is 10.9. The zero-order valence-corrected chi connectivity index (χ0v) is 12.6. The second-order valence-electron chi connectivity index (χ2n) is 4.84. The number of nitrogens with two attached hydrogens (primary N) is 1. The van der Waals surface area contributed by atoms with Crippen molar-refractivity contribution >= 4 is 18.3 Å². The molecule has 0 unspecified atom stereocenters. The molecular weight excluding hydrogens is 294 g/mol. The zero-order valence-electron chi connectivity index (χ0n) is 11.8. The predicted molar refractivity (Wildman–Crippen MR) is 82.3 cm³/mol. The van der Waals surface area contributed by atoms with E-state index in [0.29, 0.717) is 38.3 Å². The minimum atomic E-state index is -0.354. The summed E-state index contributed by atoms with van der Waals surface area (Å²) in [6.45, 7) is 2.52. The molecule has 1 aliphatic heterocycles. The normalized spacial score (nSPS) is 16.9. The summed E-state index contributed by atoms with van der Waals surface area (Å²) < 4.78 is 5.24. The first kappa shape index (κ1) is 17.9. The van der Waals surface area contributed by atoms with Crippen molar-refractivity contribution in [1.82, 2.24) is 10.4 Å². The van der Waals surface area contributed by atoms with Crippen molar-refractivity contribution in [2.45, 2.75) is 12.5 Å². The molecule has 7 heteroatoms. The van der Waals surface area contributed by atoms with Crippen molar-refractivity contribution in [3.8, 4) is 0 Å². The number of nitrogens with one attached hydrogen (secondary N) is 1. The van der Waals surface area contributed by atoms with Crippen LogP contribution in [0.4, 0.5) is 0 Å². The Kier molecular flexibility index (Phi) is 7.63. The molecule has 1 amide bonds. The van der Waals surface area contributed by atoms with Gasteiger partial charge in [0.05, 0.1) is 19.8 Å². The number of hydrogen-bond acceptors (Lipinski definition) is 5. The van der Waals surface area contributed by atoms with Gasteiger partial charge in [-0.05, 0) is 18.1 Å². The van der Waals surface area contributed by atoms with E-state index >= 15 is 0 Å². The number of amides is 1. The van der Waals surface area contributed by atoms with Crippen molar-refractivity contribution in [2.24, 2.45) is 5.73 Å². The quantitative estimate of drug-likeness (QED) is 0.709. The minimum Gasteiger partial charge on any atom is -0.395 e. The monoisotopic (exact) mass is 315 g/mol. The molecule has 0 spiro atoms. The molecule has 0 bridgehead atoms. The number of rotatable bonds is 5. The van der Waals surface area contributed by atoms with Crippen LogP contribution in [-0.2, 0) is 11.2 Å². The lowest BCUT2D eigenvalue weighted by Crippen LogP contribution is -2.48. The summed E-state index contributed by atoms with van der Waals surface area (Å²) >= 11 is 0. The Morgan fingerprint density at radius 3 is 2.71 bits per heavy atom. The fraction of sp³-hybridized carbons (Fsp3) is 0.500. The molecule has 118 valence electrons. The average Bonchev–Trinajstić information content (AvgIpc) is 2.48. The van der Waals surface area contributed by atoms with Crippen molar-refractivity contribution in [1.29, 1.82) is 0 Å². The van der Waals surface area contributed by atoms with Crippen LogP contribution in [-0.4, -0.2) is 55.0 Å². The largest absolute Gasteiger partial charge is 0.395 e. The molecule has 1 aromatic rings. The van der Waals surface area contributed by atoms with Gasteiger partial charge >= 0.3 is 0 Å². The third kappa shape index (κ3) is 5.26. The van der Waals surface area contributed by atoms with E-state index in [9.17, 15) is 4.79 Å². The lowest BCUT2D eigenvalue weighted by atomic mass is 10.0. The molecule has 1 fully saturated rings. The molecule has 6 nitrogen and oxygen atoms in total. The Hall–Kier alpha value is -1.18. The highest BCUT2D eigenvalue weighted by Crippen LogP contribution is 2.11. The zero-order chi connectivity index (χ0) is 14.4. The van der Waals surface area contributed by atoms with Gasteiger partial charge in [-0.3, -0.25) is 10.2 Å². The smallest absolute Gasteiger partial charge is 0.265 e. The number of carbonyl (C=O) groups excluding carboxylic acids is 1. The van der Waals surface area contributed by atoms with Gasteiger partial charge in [0, 0.05) is 24.7 Å². The van der Waals surface area contributed by atoms with E-state index in [1.165, 1.54) is 0 Å². The first-order valence-electron chi connectivity index (χ1n) is 6.78. The van der Waals surface area contributed by atoms with E-state index in [4.69, 9.17) is 15.6 Å². The lowest BCUT2D eigenvalue weighted by Gasteiger charge is -2.27. The Bertz CT molecular complexity index is 453. The molecule has 1 heterocycles. The molecule has 0 saturated carbocycles. The van der Waals surface area contributed by atoms with Crippen LogP contribution in [0.1, 0.15) is 15.9 Å². The highest BCUT2D eigenvalue weighted by molar-refractivity contribution is 5.95. The van der Waals surface area contributed by atoms with Gasteiger partial charge in [0.1, 0.15) is 0 Å². The van der Waals surface area contributed by atoms with Gasteiger partial charge in [0.15, 0.2) is 0 Å². The first-order valence-corrected chi connectivity index (χ1v) is 6.78. The van der Waals surface area contributed by atoms with E-state index in [0.717, 1.165) is 5.56 Å². The third-order valence-electron chi connectivity index (χ3n) is 3.25. The number of aliphatic hydroxyl groups is 1. The Labute approximate surface area is 130 Å². The molecule has 1 aromatic carbocycles. The van der Waals surface area contributed by atoms with Crippen molar-refractivity contribution < 1.29 is 14.6 Å². The molecule has 1 atom stereocenters. The second-order valence-corrected chi connectivity index (χ2v) is 4.84. The van der Waals surface area contributed by atoms with Gasteiger partial charge in [-0.15, -0.1) is 12.4 Å². The van der Waals surface area contributed by atoms with E-state index in [1.54, 1.807) is 6.07 Å². The number of nitrogens with zero attached hydrogens (tertiary/aromatic N) is 1. The lowest BCUT2D eigenvalue weighted by molar-refractivity contribution is 0.0126. The van der Waals surface area contributed by atoms with E-state index < -0.39 is 0 Å². The molecule has 1 aliphatic rings. The van der Waals surface area contributed by atoms with Gasteiger partial charge in [0.25, 0.3) is 5.91 Å². The average molecular weight is 316 g/mol. The standard InChI is InChI=1S/C14H21N3O3.ClH/c15-12(10-18)9-11-3-1-2-4-13(11)14(19)16-17-5-7-20-8-6-17;/h1-4,12,18H,5-10,15H2,(H,16,19);1H/t12-;/m1./s1. The highest BCUT2D eigenvalue weighted by Gasteiger charge is 2.17. The molecular formula is C14H22ClN3O3. The summed E-state index contributed by atoms with van der Waals surface area (Å²) in [7, 11) is 0. The maximum atomic E-state index is 12.3. The van der Waals surface area contributed by atoms with Gasteiger partial charge in [-0.25, -0.2) is 5.01 Å².